The SMILES string of the molecule is C=NN(C)C(CC=N)NC. The van der Waals surface area contributed by atoms with Crippen LogP contribution in [0.25, 0.3) is 0 Å². The van der Waals surface area contributed by atoms with Gasteiger partial charge in [0.15, 0.2) is 0 Å². The third-order valence-corrected chi connectivity index (χ3v) is 1.35. The summed E-state index contributed by atoms with van der Waals surface area (Å²) in [4.78, 5) is 0. The number of hydrogen-bond donors (Lipinski definition) is 2. The predicted octanol–water partition coefficient (Wildman–Crippen LogP) is 0.119. The van der Waals surface area contributed by atoms with E-state index in [2.05, 4.69) is 17.1 Å². The Morgan fingerprint density at radius 2 is 2.50 bits per heavy atom. The van der Waals surface area contributed by atoms with Gasteiger partial charge in [0.05, 0.1) is 0 Å². The van der Waals surface area contributed by atoms with Crippen LogP contribution >= 0.6 is 0 Å². The number of hydrazone groups is 1. The summed E-state index contributed by atoms with van der Waals surface area (Å²) in [5, 5.41) is 15.2. The van der Waals surface area contributed by atoms with Gasteiger partial charge in [0.25, 0.3) is 0 Å². The number of rotatable bonds is 5. The Hall–Kier alpha value is -0.900. The summed E-state index contributed by atoms with van der Waals surface area (Å²) in [5.41, 5.74) is 0. The smallest absolute Gasteiger partial charge is 0.101 e. The molecule has 0 fully saturated rings. The number of nitrogens with zero attached hydrogens (tertiary/aromatic N) is 2. The van der Waals surface area contributed by atoms with E-state index in [1.165, 1.54) is 6.21 Å². The fourth-order valence-corrected chi connectivity index (χ4v) is 0.667. The fourth-order valence-electron chi connectivity index (χ4n) is 0.667. The van der Waals surface area contributed by atoms with Gasteiger partial charge in [-0.3, -0.25) is 10.3 Å². The van der Waals surface area contributed by atoms with Crippen LogP contribution in [0.2, 0.25) is 0 Å². The Morgan fingerprint density at radius 3 is 2.80 bits per heavy atom. The van der Waals surface area contributed by atoms with Crippen LogP contribution in [0.15, 0.2) is 5.10 Å². The van der Waals surface area contributed by atoms with Crippen LogP contribution in [0.1, 0.15) is 6.42 Å². The summed E-state index contributed by atoms with van der Waals surface area (Å²) < 4.78 is 0. The van der Waals surface area contributed by atoms with Crippen molar-refractivity contribution in [3.8, 4) is 0 Å². The topological polar surface area (TPSA) is 51.5 Å². The molecule has 0 aromatic carbocycles. The summed E-state index contributed by atoms with van der Waals surface area (Å²) in [6, 6.07) is 0. The van der Waals surface area contributed by atoms with E-state index < -0.39 is 0 Å². The van der Waals surface area contributed by atoms with E-state index >= 15 is 0 Å². The first-order valence-corrected chi connectivity index (χ1v) is 3.12. The Labute approximate surface area is 61.4 Å². The van der Waals surface area contributed by atoms with Gasteiger partial charge in [-0.15, -0.1) is 0 Å². The maximum atomic E-state index is 6.85. The van der Waals surface area contributed by atoms with Crippen molar-refractivity contribution in [1.82, 2.24) is 10.3 Å². The summed E-state index contributed by atoms with van der Waals surface area (Å²) in [5.74, 6) is 0. The molecular weight excluding hydrogens is 128 g/mol. The van der Waals surface area contributed by atoms with Crippen molar-refractivity contribution in [3.63, 3.8) is 0 Å². The highest BCUT2D eigenvalue weighted by molar-refractivity contribution is 5.53. The van der Waals surface area contributed by atoms with Gasteiger partial charge in [-0.25, -0.2) is 0 Å². The molecule has 0 aliphatic heterocycles. The minimum atomic E-state index is 0.0926. The van der Waals surface area contributed by atoms with E-state index in [1.54, 1.807) is 5.01 Å². The van der Waals surface area contributed by atoms with Crippen molar-refractivity contribution in [2.24, 2.45) is 5.10 Å². The van der Waals surface area contributed by atoms with Crippen LogP contribution in [-0.2, 0) is 0 Å². The van der Waals surface area contributed by atoms with Gasteiger partial charge in [0.1, 0.15) is 6.17 Å². The van der Waals surface area contributed by atoms with Gasteiger partial charge in [-0.05, 0) is 13.3 Å². The van der Waals surface area contributed by atoms with Crippen LogP contribution in [0.4, 0.5) is 0 Å². The average molecular weight is 142 g/mol. The zero-order valence-corrected chi connectivity index (χ0v) is 6.46. The van der Waals surface area contributed by atoms with Crippen LogP contribution in [0.3, 0.4) is 0 Å². The third kappa shape index (κ3) is 2.59. The Morgan fingerprint density at radius 1 is 1.90 bits per heavy atom. The van der Waals surface area contributed by atoms with E-state index in [1.807, 2.05) is 14.1 Å². The summed E-state index contributed by atoms with van der Waals surface area (Å²) in [6.45, 7) is 3.37. The molecule has 0 amide bonds. The molecule has 0 heterocycles. The van der Waals surface area contributed by atoms with Crippen molar-refractivity contribution >= 4 is 12.9 Å². The van der Waals surface area contributed by atoms with Gasteiger partial charge < -0.3 is 5.41 Å². The molecule has 0 aromatic heterocycles. The summed E-state index contributed by atoms with van der Waals surface area (Å²) in [6.07, 6.45) is 2.09. The molecule has 0 radical (unpaired) electrons. The van der Waals surface area contributed by atoms with Crippen LogP contribution in [0, 0.1) is 5.41 Å². The van der Waals surface area contributed by atoms with Gasteiger partial charge in [0, 0.05) is 20.2 Å². The van der Waals surface area contributed by atoms with Crippen molar-refractivity contribution in [2.45, 2.75) is 12.6 Å². The molecule has 0 bridgehead atoms. The molecule has 0 spiro atoms. The number of hydrogen-bond acceptors (Lipinski definition) is 4. The highest BCUT2D eigenvalue weighted by Crippen LogP contribution is 1.94. The molecule has 0 aromatic rings. The van der Waals surface area contributed by atoms with Gasteiger partial charge in [-0.1, -0.05) is 0 Å². The summed E-state index contributed by atoms with van der Waals surface area (Å²) >= 11 is 0. The summed E-state index contributed by atoms with van der Waals surface area (Å²) in [7, 11) is 3.65. The molecule has 10 heavy (non-hydrogen) atoms. The second kappa shape index (κ2) is 4.93. The molecular formula is C6H14N4. The van der Waals surface area contributed by atoms with E-state index in [-0.39, 0.29) is 6.17 Å². The molecule has 0 rings (SSSR count). The van der Waals surface area contributed by atoms with E-state index in [0.717, 1.165) is 0 Å². The molecule has 0 aliphatic rings. The molecule has 0 saturated carbocycles. The van der Waals surface area contributed by atoms with E-state index in [0.29, 0.717) is 6.42 Å². The molecule has 0 aliphatic carbocycles. The van der Waals surface area contributed by atoms with E-state index in [9.17, 15) is 0 Å². The Kier molecular flexibility index (Phi) is 4.49. The maximum absolute atomic E-state index is 6.85. The van der Waals surface area contributed by atoms with Gasteiger partial charge >= 0.3 is 0 Å². The second-order valence-electron chi connectivity index (χ2n) is 1.96. The zero-order chi connectivity index (χ0) is 7.98. The minimum absolute atomic E-state index is 0.0926. The molecule has 1 unspecified atom stereocenters. The standard InChI is InChI=1S/C6H14N4/c1-8-6(4-5-7)10(3)9-2/h5-8H,2,4H2,1,3H3. The third-order valence-electron chi connectivity index (χ3n) is 1.35. The van der Waals surface area contributed by atoms with Crippen molar-refractivity contribution in [2.75, 3.05) is 14.1 Å². The quantitative estimate of drug-likeness (QED) is 0.325. The highest BCUT2D eigenvalue weighted by Gasteiger charge is 2.06. The lowest BCUT2D eigenvalue weighted by molar-refractivity contribution is 0.232. The van der Waals surface area contributed by atoms with Crippen molar-refractivity contribution < 1.29 is 0 Å². The lowest BCUT2D eigenvalue weighted by atomic mass is 10.3. The van der Waals surface area contributed by atoms with Gasteiger partial charge in [0.2, 0.25) is 0 Å². The lowest BCUT2D eigenvalue weighted by Crippen LogP contribution is -2.38. The molecule has 58 valence electrons. The number of nitrogens with one attached hydrogen (secondary N) is 2. The largest absolute Gasteiger partial charge is 0.313 e. The van der Waals surface area contributed by atoms with Crippen LogP contribution in [0.5, 0.6) is 0 Å². The lowest BCUT2D eigenvalue weighted by Gasteiger charge is -2.22. The van der Waals surface area contributed by atoms with Crippen LogP contribution in [-0.4, -0.2) is 38.2 Å². The molecule has 4 heteroatoms. The second-order valence-corrected chi connectivity index (χ2v) is 1.96. The molecule has 0 saturated heterocycles. The Balaban J connectivity index is 3.78. The molecule has 1 atom stereocenters. The van der Waals surface area contributed by atoms with Crippen molar-refractivity contribution in [3.05, 3.63) is 0 Å². The minimum Gasteiger partial charge on any atom is -0.313 e. The Bertz CT molecular complexity index is 112. The highest BCUT2D eigenvalue weighted by atomic mass is 15.5. The average Bonchev–Trinajstić information content (AvgIpc) is 1.99. The van der Waals surface area contributed by atoms with Crippen LogP contribution < -0.4 is 5.32 Å². The molecule has 2 N–H and O–H groups in total. The first-order chi connectivity index (χ1) is 4.76. The molecule has 4 nitrogen and oxygen atoms in total. The predicted molar refractivity (Wildman–Crippen MR) is 43.6 cm³/mol. The normalized spacial score (nSPS) is 12.2. The zero-order valence-electron chi connectivity index (χ0n) is 6.46. The first kappa shape index (κ1) is 9.10. The fraction of sp³-hybridized carbons (Fsp3) is 0.667. The monoisotopic (exact) mass is 142 g/mol. The van der Waals surface area contributed by atoms with Crippen molar-refractivity contribution in [1.29, 1.82) is 5.41 Å². The maximum Gasteiger partial charge on any atom is 0.101 e. The van der Waals surface area contributed by atoms with E-state index in [4.69, 9.17) is 5.41 Å². The first-order valence-electron chi connectivity index (χ1n) is 3.12. The van der Waals surface area contributed by atoms with Gasteiger partial charge in [-0.2, -0.15) is 5.10 Å².